The van der Waals surface area contributed by atoms with Crippen molar-refractivity contribution >= 4 is 39.8 Å². The summed E-state index contributed by atoms with van der Waals surface area (Å²) in [5.41, 5.74) is 5.71. The third-order valence-corrected chi connectivity index (χ3v) is 8.59. The van der Waals surface area contributed by atoms with E-state index in [-0.39, 0.29) is 52.7 Å². The van der Waals surface area contributed by atoms with Crippen molar-refractivity contribution < 1.29 is 31.7 Å². The molecule has 1 heterocycles. The van der Waals surface area contributed by atoms with E-state index in [1.807, 2.05) is 0 Å². The van der Waals surface area contributed by atoms with E-state index in [1.54, 1.807) is 7.05 Å². The molecule has 1 amide bonds. The molecule has 0 aliphatic heterocycles. The Labute approximate surface area is 206 Å². The Kier molecular flexibility index (Phi) is 6.93. The number of nitrogen functional groups attached to an aromatic ring is 1. The maximum Gasteiger partial charge on any atom is 0.400 e. The van der Waals surface area contributed by atoms with E-state index in [1.165, 1.54) is 16.8 Å². The van der Waals surface area contributed by atoms with Crippen molar-refractivity contribution in [2.24, 2.45) is 18.9 Å². The van der Waals surface area contributed by atoms with Crippen molar-refractivity contribution in [1.29, 1.82) is 0 Å². The third kappa shape index (κ3) is 5.64. The lowest BCUT2D eigenvalue weighted by Crippen LogP contribution is -2.36. The number of rotatable bonds is 6. The van der Waals surface area contributed by atoms with Gasteiger partial charge in [0.15, 0.2) is 0 Å². The minimum atomic E-state index is -4.55. The molecule has 7 nitrogen and oxygen atoms in total. The normalized spacial score (nSPS) is 27.1. The molecule has 2 fully saturated rings. The zero-order valence-electron chi connectivity index (χ0n) is 18.7. The van der Waals surface area contributed by atoms with Gasteiger partial charge in [-0.15, -0.1) is 0 Å². The van der Waals surface area contributed by atoms with E-state index in [0.29, 0.717) is 18.5 Å². The molecule has 5 atom stereocenters. The van der Waals surface area contributed by atoms with Gasteiger partial charge in [-0.2, -0.15) is 18.3 Å². The highest BCUT2D eigenvalue weighted by molar-refractivity contribution is 7.85. The Morgan fingerprint density at radius 2 is 1.97 bits per heavy atom. The number of fused-ring (bicyclic) bond motifs is 1. The molecule has 4 N–H and O–H groups in total. The Balaban J connectivity index is 1.46. The van der Waals surface area contributed by atoms with Gasteiger partial charge in [0.2, 0.25) is 0 Å². The zero-order valence-corrected chi connectivity index (χ0v) is 20.3. The van der Waals surface area contributed by atoms with E-state index < -0.39 is 45.8 Å². The minimum absolute atomic E-state index is 0.00272. The smallest absolute Gasteiger partial charge is 0.389 e. The first-order chi connectivity index (χ1) is 16.2. The fourth-order valence-corrected chi connectivity index (χ4v) is 6.97. The fourth-order valence-electron chi connectivity index (χ4n) is 5.49. The predicted octanol–water partition coefficient (Wildman–Crippen LogP) is 3.99. The first-order valence-corrected chi connectivity index (χ1v) is 12.8. The minimum Gasteiger partial charge on any atom is -0.389 e. The number of anilines is 2. The molecule has 4 unspecified atom stereocenters. The number of carbonyl (C=O) groups excluding carboxylic acids is 1. The largest absolute Gasteiger partial charge is 0.400 e. The summed E-state index contributed by atoms with van der Waals surface area (Å²) in [5, 5.41) is 17.8. The number of hydrogen-bond acceptors (Lipinski definition) is 5. The quantitative estimate of drug-likeness (QED) is 0.484. The lowest BCUT2D eigenvalue weighted by atomic mass is 9.92. The van der Waals surface area contributed by atoms with Crippen LogP contribution in [-0.2, 0) is 17.8 Å². The van der Waals surface area contributed by atoms with Crippen LogP contribution in [-0.4, -0.2) is 48.3 Å². The molecule has 2 saturated carbocycles. The van der Waals surface area contributed by atoms with Crippen LogP contribution in [0.4, 0.5) is 29.1 Å². The van der Waals surface area contributed by atoms with E-state index in [0.717, 1.165) is 6.07 Å². The van der Waals surface area contributed by atoms with Crippen LogP contribution in [0.1, 0.15) is 47.7 Å². The maximum absolute atomic E-state index is 13.4. The van der Waals surface area contributed by atoms with Crippen LogP contribution in [0.5, 0.6) is 0 Å². The van der Waals surface area contributed by atoms with Crippen LogP contribution in [0.3, 0.4) is 0 Å². The van der Waals surface area contributed by atoms with Gasteiger partial charge in [-0.1, -0.05) is 11.6 Å². The molecule has 0 radical (unpaired) electrons. The van der Waals surface area contributed by atoms with Gasteiger partial charge in [-0.05, 0) is 55.7 Å². The van der Waals surface area contributed by atoms with Crippen LogP contribution in [0.15, 0.2) is 18.2 Å². The number of nitrogens with two attached hydrogens (primary N) is 1. The summed E-state index contributed by atoms with van der Waals surface area (Å²) in [7, 11) is -0.591. The van der Waals surface area contributed by atoms with Gasteiger partial charge in [0, 0.05) is 29.5 Å². The number of aliphatic hydroxyl groups is 1. The van der Waals surface area contributed by atoms with Crippen molar-refractivity contribution in [2.45, 2.75) is 43.4 Å². The number of halogens is 5. The number of hydrogen-bond donors (Lipinski definition) is 3. The Morgan fingerprint density at radius 3 is 2.54 bits per heavy atom. The summed E-state index contributed by atoms with van der Waals surface area (Å²) in [6.45, 7) is 0. The number of aromatic nitrogens is 2. The molecule has 2 aliphatic rings. The van der Waals surface area contributed by atoms with Crippen LogP contribution in [0.2, 0.25) is 5.02 Å². The number of nitrogens with zero attached hydrogens (tertiary/aromatic N) is 2. The summed E-state index contributed by atoms with van der Waals surface area (Å²) in [6.07, 6.45) is -2.92. The Bertz CT molecular complexity index is 1160. The van der Waals surface area contributed by atoms with E-state index in [9.17, 15) is 31.7 Å². The summed E-state index contributed by atoms with van der Waals surface area (Å²) in [6, 6.07) is 3.78. The van der Waals surface area contributed by atoms with Gasteiger partial charge in [-0.25, -0.2) is 4.39 Å². The first-order valence-electron chi connectivity index (χ1n) is 11.0. The van der Waals surface area contributed by atoms with Crippen molar-refractivity contribution in [3.63, 3.8) is 0 Å². The van der Waals surface area contributed by atoms with Gasteiger partial charge in [0.1, 0.15) is 23.0 Å². The average Bonchev–Trinajstić information content (AvgIpc) is 3.32. The molecule has 4 rings (SSSR count). The fraction of sp³-hybridized carbons (Fsp3) is 0.545. The van der Waals surface area contributed by atoms with E-state index in [2.05, 4.69) is 10.4 Å². The highest BCUT2D eigenvalue weighted by Crippen LogP contribution is 2.54. The lowest BCUT2D eigenvalue weighted by molar-refractivity contribution is -0.105. The van der Waals surface area contributed by atoms with Crippen LogP contribution >= 0.6 is 11.6 Å². The molecule has 1 aromatic heterocycles. The summed E-state index contributed by atoms with van der Waals surface area (Å²) < 4.78 is 64.4. The number of benzene rings is 1. The third-order valence-electron chi connectivity index (χ3n) is 6.79. The van der Waals surface area contributed by atoms with Gasteiger partial charge in [-0.3, -0.25) is 13.7 Å². The van der Waals surface area contributed by atoms with Crippen LogP contribution in [0, 0.1) is 17.7 Å². The second-order valence-electron chi connectivity index (χ2n) is 9.52. The molecule has 0 bridgehead atoms. The molecule has 1 aromatic carbocycles. The van der Waals surface area contributed by atoms with Gasteiger partial charge < -0.3 is 16.2 Å². The second-order valence-corrected chi connectivity index (χ2v) is 11.4. The standard InChI is InChI=1S/C22H25ClF4N4O3S/c1-31-19(28)17(20(32)29-14-2-3-16(24)15(23)6-14)18(30-31)11-4-12-7-21(33,8-13(12)5-11)9-35(34)10-22(25,26)27/h2-3,6,11-13,33H,4-5,7-10,28H2,1H3,(H,29,32)/t11?,12-,13?,21?,35?/m1/s1. The van der Waals surface area contributed by atoms with Gasteiger partial charge >= 0.3 is 6.18 Å². The molecule has 0 saturated heterocycles. The molecule has 0 spiro atoms. The first kappa shape index (κ1) is 25.9. The lowest BCUT2D eigenvalue weighted by Gasteiger charge is -2.24. The number of alkyl halides is 3. The van der Waals surface area contributed by atoms with Crippen LogP contribution < -0.4 is 11.1 Å². The molecular formula is C22H25ClF4N4O3S. The van der Waals surface area contributed by atoms with Crippen molar-refractivity contribution in [2.75, 3.05) is 22.6 Å². The summed E-state index contributed by atoms with van der Waals surface area (Å²) in [5.74, 6) is -2.97. The van der Waals surface area contributed by atoms with Crippen LogP contribution in [0.25, 0.3) is 0 Å². The number of nitrogens with one attached hydrogen (secondary N) is 1. The number of aryl methyl sites for hydroxylation is 1. The molecule has 35 heavy (non-hydrogen) atoms. The summed E-state index contributed by atoms with van der Waals surface area (Å²) in [4.78, 5) is 13.1. The van der Waals surface area contributed by atoms with Crippen molar-refractivity contribution in [1.82, 2.24) is 9.78 Å². The van der Waals surface area contributed by atoms with Crippen molar-refractivity contribution in [3.8, 4) is 0 Å². The Hall–Kier alpha value is -2.18. The zero-order chi connectivity index (χ0) is 25.7. The predicted molar refractivity (Wildman–Crippen MR) is 124 cm³/mol. The Morgan fingerprint density at radius 1 is 1.34 bits per heavy atom. The molecule has 13 heteroatoms. The van der Waals surface area contributed by atoms with Gasteiger partial charge in [0.25, 0.3) is 5.91 Å². The highest BCUT2D eigenvalue weighted by atomic mass is 35.5. The van der Waals surface area contributed by atoms with E-state index in [4.69, 9.17) is 17.3 Å². The van der Waals surface area contributed by atoms with Crippen molar-refractivity contribution in [3.05, 3.63) is 40.3 Å². The van der Waals surface area contributed by atoms with E-state index >= 15 is 0 Å². The second kappa shape index (κ2) is 9.36. The number of amides is 1. The molecule has 2 aromatic rings. The monoisotopic (exact) mass is 536 g/mol. The maximum atomic E-state index is 13.4. The SMILES string of the molecule is Cn1nc(C2CC3CC(O)(CS(=O)CC(F)(F)F)C[C@H]3C2)c(C(=O)Nc2ccc(F)c(Cl)c2)c1N. The molecule has 192 valence electrons. The number of carbonyl (C=O) groups is 1. The van der Waals surface area contributed by atoms with Gasteiger partial charge in [0.05, 0.1) is 22.1 Å². The topological polar surface area (TPSA) is 110 Å². The highest BCUT2D eigenvalue weighted by Gasteiger charge is 2.51. The molecular weight excluding hydrogens is 512 g/mol. The molecule has 2 aliphatic carbocycles. The average molecular weight is 537 g/mol. The summed E-state index contributed by atoms with van der Waals surface area (Å²) >= 11 is 5.79.